The Labute approximate surface area is 184 Å². The minimum Gasteiger partial charge on any atom is -0.393 e. The maximum Gasteiger partial charge on any atom is 0.0777 e. The second-order valence-electron chi connectivity index (χ2n) is 11.3. The second kappa shape index (κ2) is 9.30. The van der Waals surface area contributed by atoms with Gasteiger partial charge in [-0.2, -0.15) is 0 Å². The number of aliphatic hydroxyl groups excluding tert-OH is 2. The van der Waals surface area contributed by atoms with Crippen molar-refractivity contribution in [3.05, 3.63) is 34.9 Å². The highest BCUT2D eigenvalue weighted by molar-refractivity contribution is 5.37. The highest BCUT2D eigenvalue weighted by atomic mass is 16.3. The first kappa shape index (κ1) is 23.8. The van der Waals surface area contributed by atoms with E-state index in [1.54, 1.807) is 0 Å². The molecule has 0 amide bonds. The average molecular weight is 417 g/mol. The summed E-state index contributed by atoms with van der Waals surface area (Å²) in [4.78, 5) is 0. The number of hydrogen-bond donors (Lipinski definition) is 3. The summed E-state index contributed by atoms with van der Waals surface area (Å²) in [6.07, 6.45) is 15.2. The van der Waals surface area contributed by atoms with E-state index in [0.29, 0.717) is 30.1 Å². The Morgan fingerprint density at radius 3 is 2.67 bits per heavy atom. The zero-order valence-electron chi connectivity index (χ0n) is 19.8. The first-order valence-electron chi connectivity index (χ1n) is 12.2. The van der Waals surface area contributed by atoms with Gasteiger partial charge in [-0.3, -0.25) is 0 Å². The lowest BCUT2D eigenvalue weighted by Gasteiger charge is -2.43. The molecule has 0 aliphatic heterocycles. The smallest absolute Gasteiger partial charge is 0.0777 e. The summed E-state index contributed by atoms with van der Waals surface area (Å²) in [5.74, 6) is 2.06. The molecule has 0 heterocycles. The highest BCUT2D eigenvalue weighted by Crippen LogP contribution is 2.58. The van der Waals surface area contributed by atoms with Crippen LogP contribution >= 0.6 is 0 Å². The maximum absolute atomic E-state index is 10.2. The predicted octanol–water partition coefficient (Wildman–Crippen LogP) is 5.70. The molecule has 3 aliphatic carbocycles. The Hall–Kier alpha value is -0.900. The number of allylic oxidation sites excluding steroid dienone is 4. The topological polar surface area (TPSA) is 60.7 Å². The maximum atomic E-state index is 10.2. The summed E-state index contributed by atoms with van der Waals surface area (Å²) >= 11 is 0. The Bertz CT molecular complexity index is 695. The molecule has 3 heteroatoms. The summed E-state index contributed by atoms with van der Waals surface area (Å²) in [5.41, 5.74) is 3.38. The van der Waals surface area contributed by atoms with Crippen molar-refractivity contribution in [1.29, 1.82) is 0 Å². The lowest BCUT2D eigenvalue weighted by molar-refractivity contribution is 0.0613. The van der Waals surface area contributed by atoms with Gasteiger partial charge in [-0.05, 0) is 99.2 Å². The molecular weight excluding hydrogens is 372 g/mol. The minimum absolute atomic E-state index is 0.359. The van der Waals surface area contributed by atoms with Crippen LogP contribution < -0.4 is 0 Å². The molecule has 1 saturated carbocycles. The summed E-state index contributed by atoms with van der Waals surface area (Å²) in [5, 5.41) is 30.3. The van der Waals surface area contributed by atoms with Crippen molar-refractivity contribution < 1.29 is 15.3 Å². The molecule has 0 bridgehead atoms. The van der Waals surface area contributed by atoms with Gasteiger partial charge < -0.3 is 15.3 Å². The lowest BCUT2D eigenvalue weighted by atomic mass is 9.62. The molecule has 3 N–H and O–H groups in total. The molecule has 30 heavy (non-hydrogen) atoms. The van der Waals surface area contributed by atoms with Gasteiger partial charge >= 0.3 is 0 Å². The molecule has 0 aromatic heterocycles. The molecule has 0 saturated heterocycles. The molecular formula is C27H44O3. The standard InChI is InChI=1S/C27H44O3/c1-18(8-6-14-26(3,4)30)23-12-13-24-20(9-7-15-27(23,24)5)10-11-21-16-22(28)17-25(29)19(21)2/h9-11,18,22-25,28-30H,6-8,12-17H2,1-5H3/b11-10-/t18?,22-,23-,24-,25?,27-/m1/s1. The number of hydrogen-bond acceptors (Lipinski definition) is 3. The molecule has 0 spiro atoms. The van der Waals surface area contributed by atoms with Gasteiger partial charge in [0.05, 0.1) is 17.8 Å². The van der Waals surface area contributed by atoms with Crippen LogP contribution in [0.15, 0.2) is 34.9 Å². The van der Waals surface area contributed by atoms with Crippen molar-refractivity contribution in [2.45, 2.75) is 110 Å². The van der Waals surface area contributed by atoms with Crippen LogP contribution in [-0.2, 0) is 0 Å². The van der Waals surface area contributed by atoms with Crippen LogP contribution in [0, 0.1) is 23.2 Å². The summed E-state index contributed by atoms with van der Waals surface area (Å²) in [7, 11) is 0. The summed E-state index contributed by atoms with van der Waals surface area (Å²) < 4.78 is 0. The fourth-order valence-electron chi connectivity index (χ4n) is 6.58. The van der Waals surface area contributed by atoms with E-state index in [9.17, 15) is 15.3 Å². The van der Waals surface area contributed by atoms with Gasteiger partial charge in [-0.1, -0.05) is 44.9 Å². The first-order valence-corrected chi connectivity index (χ1v) is 12.2. The molecule has 0 aromatic rings. The van der Waals surface area contributed by atoms with Gasteiger partial charge in [0.25, 0.3) is 0 Å². The third-order valence-corrected chi connectivity index (χ3v) is 8.44. The van der Waals surface area contributed by atoms with Crippen molar-refractivity contribution in [3.8, 4) is 0 Å². The van der Waals surface area contributed by atoms with E-state index in [-0.39, 0.29) is 0 Å². The van der Waals surface area contributed by atoms with E-state index in [1.807, 2.05) is 20.8 Å². The van der Waals surface area contributed by atoms with Gasteiger partial charge in [0.15, 0.2) is 0 Å². The van der Waals surface area contributed by atoms with E-state index in [0.717, 1.165) is 36.3 Å². The molecule has 3 aliphatic rings. The van der Waals surface area contributed by atoms with Gasteiger partial charge in [0, 0.05) is 6.42 Å². The van der Waals surface area contributed by atoms with Crippen LogP contribution in [0.1, 0.15) is 92.4 Å². The van der Waals surface area contributed by atoms with Crippen LogP contribution in [-0.4, -0.2) is 33.1 Å². The lowest BCUT2D eigenvalue weighted by Crippen LogP contribution is -2.35. The monoisotopic (exact) mass is 416 g/mol. The second-order valence-corrected chi connectivity index (χ2v) is 11.3. The molecule has 170 valence electrons. The summed E-state index contributed by atoms with van der Waals surface area (Å²) in [6.45, 7) is 10.8. The third-order valence-electron chi connectivity index (χ3n) is 8.44. The minimum atomic E-state index is -0.555. The van der Waals surface area contributed by atoms with E-state index in [1.165, 1.54) is 31.3 Å². The van der Waals surface area contributed by atoms with Crippen LogP contribution in [0.25, 0.3) is 0 Å². The number of rotatable bonds is 7. The van der Waals surface area contributed by atoms with Gasteiger partial charge in [-0.25, -0.2) is 0 Å². The third kappa shape index (κ3) is 5.29. The van der Waals surface area contributed by atoms with E-state index < -0.39 is 17.8 Å². The van der Waals surface area contributed by atoms with Gasteiger partial charge in [0.1, 0.15) is 0 Å². The Morgan fingerprint density at radius 2 is 1.97 bits per heavy atom. The quantitative estimate of drug-likeness (QED) is 0.498. The first-order chi connectivity index (χ1) is 14.0. The number of fused-ring (bicyclic) bond motifs is 1. The Kier molecular flexibility index (Phi) is 7.37. The molecule has 3 nitrogen and oxygen atoms in total. The van der Waals surface area contributed by atoms with Crippen LogP contribution in [0.2, 0.25) is 0 Å². The Balaban J connectivity index is 1.68. The zero-order valence-corrected chi connectivity index (χ0v) is 19.8. The SMILES string of the molecule is CC1=C(/C=C\C2=CCC[C@@]3(C)[C@@H]2CC[C@@H]3C(C)CCCC(C)(C)O)C[C@@H](O)CC1O. The number of aliphatic hydroxyl groups is 3. The van der Waals surface area contributed by atoms with Crippen LogP contribution in [0.5, 0.6) is 0 Å². The van der Waals surface area contributed by atoms with Crippen molar-refractivity contribution in [2.75, 3.05) is 0 Å². The molecule has 3 rings (SSSR count). The van der Waals surface area contributed by atoms with Crippen molar-refractivity contribution in [2.24, 2.45) is 23.2 Å². The highest BCUT2D eigenvalue weighted by Gasteiger charge is 2.49. The Morgan fingerprint density at radius 1 is 1.23 bits per heavy atom. The predicted molar refractivity (Wildman–Crippen MR) is 124 cm³/mol. The molecule has 0 aromatic carbocycles. The molecule has 1 fully saturated rings. The average Bonchev–Trinajstić information content (AvgIpc) is 3.00. The fraction of sp³-hybridized carbons (Fsp3) is 0.778. The van der Waals surface area contributed by atoms with Crippen molar-refractivity contribution in [3.63, 3.8) is 0 Å². The van der Waals surface area contributed by atoms with Crippen molar-refractivity contribution >= 4 is 0 Å². The van der Waals surface area contributed by atoms with Gasteiger partial charge in [0.2, 0.25) is 0 Å². The molecule has 2 unspecified atom stereocenters. The van der Waals surface area contributed by atoms with E-state index in [4.69, 9.17) is 0 Å². The summed E-state index contributed by atoms with van der Waals surface area (Å²) in [6, 6.07) is 0. The van der Waals surface area contributed by atoms with Crippen LogP contribution in [0.4, 0.5) is 0 Å². The van der Waals surface area contributed by atoms with Gasteiger partial charge in [-0.15, -0.1) is 0 Å². The van der Waals surface area contributed by atoms with E-state index >= 15 is 0 Å². The normalized spacial score (nSPS) is 36.2. The largest absolute Gasteiger partial charge is 0.393 e. The van der Waals surface area contributed by atoms with E-state index in [2.05, 4.69) is 32.1 Å². The van der Waals surface area contributed by atoms with Crippen molar-refractivity contribution in [1.82, 2.24) is 0 Å². The zero-order chi connectivity index (χ0) is 22.1. The van der Waals surface area contributed by atoms with Crippen LogP contribution in [0.3, 0.4) is 0 Å². The molecule has 6 atom stereocenters. The fourth-order valence-corrected chi connectivity index (χ4v) is 6.58. The molecule has 0 radical (unpaired) electrons.